The molecule has 5 nitrogen and oxygen atoms in total. The van der Waals surface area contributed by atoms with E-state index in [1.807, 2.05) is 13.8 Å². The molecule has 1 saturated carbocycles. The van der Waals surface area contributed by atoms with Crippen molar-refractivity contribution in [2.24, 2.45) is 5.92 Å². The number of amides is 1. The minimum absolute atomic E-state index is 0.291. The number of hydrogen-bond acceptors (Lipinski definition) is 4. The van der Waals surface area contributed by atoms with Crippen LogP contribution in [0.25, 0.3) is 0 Å². The smallest absolute Gasteiger partial charge is 0.306 e. The molecule has 1 aliphatic carbocycles. The Morgan fingerprint density at radius 2 is 1.95 bits per heavy atom. The van der Waals surface area contributed by atoms with Gasteiger partial charge in [0.25, 0.3) is 5.91 Å². The molecule has 0 bridgehead atoms. The number of carbonyl (C=O) groups excluding carboxylic acids is 2. The third kappa shape index (κ3) is 5.60. The summed E-state index contributed by atoms with van der Waals surface area (Å²) in [4.78, 5) is 23.2. The predicted octanol–water partition coefficient (Wildman–Crippen LogP) is 2.31. The van der Waals surface area contributed by atoms with Gasteiger partial charge in [-0.2, -0.15) is 5.26 Å². The topological polar surface area (TPSA) is 79.2 Å². The Bertz CT molecular complexity index is 379. The molecule has 0 aromatic carbocycles. The van der Waals surface area contributed by atoms with Gasteiger partial charge in [0.1, 0.15) is 5.54 Å². The van der Waals surface area contributed by atoms with Crippen LogP contribution in [0.1, 0.15) is 58.8 Å². The highest BCUT2D eigenvalue weighted by Gasteiger charge is 2.33. The summed E-state index contributed by atoms with van der Waals surface area (Å²) in [7, 11) is 0. The summed E-state index contributed by atoms with van der Waals surface area (Å²) < 4.78 is 4.92. The van der Waals surface area contributed by atoms with Crippen LogP contribution in [0, 0.1) is 17.2 Å². The molecule has 112 valence electrons. The maximum absolute atomic E-state index is 11.8. The van der Waals surface area contributed by atoms with Crippen molar-refractivity contribution in [3.63, 3.8) is 0 Å². The Balaban J connectivity index is 2.32. The second-order valence-corrected chi connectivity index (χ2v) is 5.90. The first-order valence-corrected chi connectivity index (χ1v) is 7.35. The molecular formula is C15H24N2O3. The number of nitrogens with one attached hydrogen (secondary N) is 1. The van der Waals surface area contributed by atoms with Crippen LogP contribution in [-0.4, -0.2) is 24.0 Å². The molecule has 1 amide bonds. The molecule has 0 atom stereocenters. The molecule has 1 rings (SSSR count). The van der Waals surface area contributed by atoms with E-state index in [1.54, 1.807) is 0 Å². The summed E-state index contributed by atoms with van der Waals surface area (Å²) in [6.07, 6.45) is 5.43. The van der Waals surface area contributed by atoms with Crippen molar-refractivity contribution in [2.45, 2.75) is 64.3 Å². The average molecular weight is 280 g/mol. The van der Waals surface area contributed by atoms with Gasteiger partial charge in [0.15, 0.2) is 6.61 Å². The fourth-order valence-electron chi connectivity index (χ4n) is 2.35. The van der Waals surface area contributed by atoms with Crippen molar-refractivity contribution in [3.05, 3.63) is 0 Å². The van der Waals surface area contributed by atoms with Crippen molar-refractivity contribution >= 4 is 11.9 Å². The molecule has 1 aliphatic rings. The zero-order chi connectivity index (χ0) is 15.0. The van der Waals surface area contributed by atoms with Crippen LogP contribution in [0.5, 0.6) is 0 Å². The molecule has 0 aromatic rings. The van der Waals surface area contributed by atoms with E-state index in [1.165, 1.54) is 0 Å². The van der Waals surface area contributed by atoms with Crippen molar-refractivity contribution in [3.8, 4) is 6.07 Å². The number of rotatable bonds is 6. The number of nitriles is 1. The van der Waals surface area contributed by atoms with Crippen LogP contribution in [0.4, 0.5) is 0 Å². The lowest BCUT2D eigenvalue weighted by atomic mass is 9.83. The van der Waals surface area contributed by atoms with Gasteiger partial charge in [-0.1, -0.05) is 33.1 Å². The highest BCUT2D eigenvalue weighted by atomic mass is 16.5. The number of esters is 1. The fourth-order valence-corrected chi connectivity index (χ4v) is 2.35. The van der Waals surface area contributed by atoms with Crippen LogP contribution in [0.2, 0.25) is 0 Å². The molecule has 0 spiro atoms. The lowest BCUT2D eigenvalue weighted by Crippen LogP contribution is -2.50. The Kier molecular flexibility index (Phi) is 6.50. The monoisotopic (exact) mass is 280 g/mol. The molecule has 0 radical (unpaired) electrons. The Morgan fingerprint density at radius 3 is 2.50 bits per heavy atom. The van der Waals surface area contributed by atoms with Crippen LogP contribution in [0.15, 0.2) is 0 Å². The molecule has 1 N–H and O–H groups in total. The van der Waals surface area contributed by atoms with Gasteiger partial charge in [-0.05, 0) is 25.2 Å². The molecule has 1 fully saturated rings. The van der Waals surface area contributed by atoms with Gasteiger partial charge in [0, 0.05) is 6.42 Å². The summed E-state index contributed by atoms with van der Waals surface area (Å²) in [6.45, 7) is 3.76. The second kappa shape index (κ2) is 7.88. The van der Waals surface area contributed by atoms with Crippen LogP contribution >= 0.6 is 0 Å². The normalized spacial score (nSPS) is 17.3. The Morgan fingerprint density at radius 1 is 1.30 bits per heavy atom. The zero-order valence-corrected chi connectivity index (χ0v) is 12.4. The van der Waals surface area contributed by atoms with Gasteiger partial charge in [0.2, 0.25) is 0 Å². The van der Waals surface area contributed by atoms with Gasteiger partial charge in [-0.3, -0.25) is 9.59 Å². The Hall–Kier alpha value is -1.57. The van der Waals surface area contributed by atoms with E-state index in [0.717, 1.165) is 25.7 Å². The fraction of sp³-hybridized carbons (Fsp3) is 0.800. The van der Waals surface area contributed by atoms with E-state index in [9.17, 15) is 14.9 Å². The van der Waals surface area contributed by atoms with Crippen molar-refractivity contribution in [2.75, 3.05) is 6.61 Å². The van der Waals surface area contributed by atoms with Crippen LogP contribution in [-0.2, 0) is 14.3 Å². The minimum atomic E-state index is -0.764. The SMILES string of the molecule is CC(C)CCC(=O)OCC(=O)NC1(C#N)CCCCC1. The van der Waals surface area contributed by atoms with E-state index < -0.39 is 5.54 Å². The molecule has 0 heterocycles. The highest BCUT2D eigenvalue weighted by Crippen LogP contribution is 2.27. The first-order valence-electron chi connectivity index (χ1n) is 7.35. The number of nitrogens with zero attached hydrogens (tertiary/aromatic N) is 1. The summed E-state index contributed by atoms with van der Waals surface area (Å²) in [5.41, 5.74) is -0.764. The largest absolute Gasteiger partial charge is 0.456 e. The lowest BCUT2D eigenvalue weighted by molar-refractivity contribution is -0.149. The maximum Gasteiger partial charge on any atom is 0.306 e. The van der Waals surface area contributed by atoms with E-state index in [2.05, 4.69) is 11.4 Å². The van der Waals surface area contributed by atoms with Gasteiger partial charge in [-0.25, -0.2) is 0 Å². The molecule has 0 aliphatic heterocycles. The summed E-state index contributed by atoms with van der Waals surface area (Å²) in [6, 6.07) is 2.20. The molecular weight excluding hydrogens is 256 g/mol. The molecule has 0 aromatic heterocycles. The van der Waals surface area contributed by atoms with Crippen molar-refractivity contribution in [1.29, 1.82) is 5.26 Å². The second-order valence-electron chi connectivity index (χ2n) is 5.90. The van der Waals surface area contributed by atoms with Crippen molar-refractivity contribution in [1.82, 2.24) is 5.32 Å². The van der Waals surface area contributed by atoms with Gasteiger partial charge in [-0.15, -0.1) is 0 Å². The van der Waals surface area contributed by atoms with E-state index in [-0.39, 0.29) is 18.5 Å². The summed E-state index contributed by atoms with van der Waals surface area (Å²) >= 11 is 0. The van der Waals surface area contributed by atoms with Crippen LogP contribution in [0.3, 0.4) is 0 Å². The number of ether oxygens (including phenoxy) is 1. The van der Waals surface area contributed by atoms with Gasteiger partial charge >= 0.3 is 5.97 Å². The van der Waals surface area contributed by atoms with Crippen molar-refractivity contribution < 1.29 is 14.3 Å². The maximum atomic E-state index is 11.8. The van der Waals surface area contributed by atoms with Crippen LogP contribution < -0.4 is 5.32 Å². The zero-order valence-electron chi connectivity index (χ0n) is 12.4. The number of hydrogen-bond donors (Lipinski definition) is 1. The summed E-state index contributed by atoms with van der Waals surface area (Å²) in [5.74, 6) is -0.310. The third-order valence-electron chi connectivity index (χ3n) is 3.59. The Labute approximate surface area is 120 Å². The first-order chi connectivity index (χ1) is 9.47. The van der Waals surface area contributed by atoms with E-state index in [0.29, 0.717) is 25.2 Å². The molecule has 20 heavy (non-hydrogen) atoms. The van der Waals surface area contributed by atoms with Gasteiger partial charge < -0.3 is 10.1 Å². The standard InChI is InChI=1S/C15H24N2O3/c1-12(2)6-7-14(19)20-10-13(18)17-15(11-16)8-4-3-5-9-15/h12H,3-10H2,1-2H3,(H,17,18). The molecule has 0 unspecified atom stereocenters. The first kappa shape index (κ1) is 16.5. The average Bonchev–Trinajstić information content (AvgIpc) is 2.44. The molecule has 5 heteroatoms. The molecule has 0 saturated heterocycles. The summed E-state index contributed by atoms with van der Waals surface area (Å²) in [5, 5.41) is 12.0. The van der Waals surface area contributed by atoms with Gasteiger partial charge in [0.05, 0.1) is 6.07 Å². The quantitative estimate of drug-likeness (QED) is 0.757. The lowest BCUT2D eigenvalue weighted by Gasteiger charge is -2.31. The van der Waals surface area contributed by atoms with E-state index in [4.69, 9.17) is 4.74 Å². The minimum Gasteiger partial charge on any atom is -0.456 e. The number of carbonyl (C=O) groups is 2. The van der Waals surface area contributed by atoms with E-state index >= 15 is 0 Å². The predicted molar refractivity (Wildman–Crippen MR) is 74.6 cm³/mol. The highest BCUT2D eigenvalue weighted by molar-refractivity contribution is 5.81. The third-order valence-corrected chi connectivity index (χ3v) is 3.59.